The number of carbonyl (C=O) groups excluding carboxylic acids is 10. The zero-order chi connectivity index (χ0) is 58.8. The maximum absolute atomic E-state index is 14.1. The molecule has 0 bridgehead atoms. The first-order chi connectivity index (χ1) is 36.6. The number of nitrogens with two attached hydrogens (primary N) is 2. The number of aliphatic hydroxyl groups is 2. The van der Waals surface area contributed by atoms with Crippen LogP contribution in [0, 0.1) is 17.8 Å². The van der Waals surface area contributed by atoms with E-state index in [2.05, 4.69) is 42.5 Å². The van der Waals surface area contributed by atoms with Crippen molar-refractivity contribution in [1.82, 2.24) is 47.9 Å². The van der Waals surface area contributed by atoms with Crippen molar-refractivity contribution >= 4 is 71.0 Å². The smallest absolute Gasteiger partial charge is 0.322 e. The van der Waals surface area contributed by atoms with Crippen LogP contribution in [-0.4, -0.2) is 166 Å². The molecule has 0 aliphatic heterocycles. The number of amides is 10. The van der Waals surface area contributed by atoms with Gasteiger partial charge in [-0.3, -0.25) is 57.5 Å². The van der Waals surface area contributed by atoms with Gasteiger partial charge in [-0.05, 0) is 41.7 Å². The first kappa shape index (κ1) is 66.1. The molecule has 0 saturated carbocycles. The van der Waals surface area contributed by atoms with Crippen LogP contribution in [0.1, 0.15) is 78.4 Å². The van der Waals surface area contributed by atoms with E-state index in [-0.39, 0.29) is 31.1 Å². The average Bonchev–Trinajstić information content (AvgIpc) is 3.36. The minimum Gasteiger partial charge on any atom is -0.481 e. The molecule has 0 aromatic heterocycles. The number of carboxylic acids is 2. The monoisotopic (exact) mass is 1100 g/mol. The highest BCUT2D eigenvalue weighted by molar-refractivity contribution is 6.00. The van der Waals surface area contributed by atoms with E-state index in [1.54, 1.807) is 74.5 Å². The average molecular weight is 1100 g/mol. The molecule has 2 rings (SSSR count). The molecule has 9 atom stereocenters. The summed E-state index contributed by atoms with van der Waals surface area (Å²) in [6.07, 6.45) is -2.05. The molecule has 0 saturated heterocycles. The van der Waals surface area contributed by atoms with Gasteiger partial charge in [0.05, 0.1) is 32.1 Å². The normalized spacial score (nSPS) is 14.6. The largest absolute Gasteiger partial charge is 0.481 e. The van der Waals surface area contributed by atoms with E-state index >= 15 is 0 Å². The zero-order valence-corrected chi connectivity index (χ0v) is 44.4. The van der Waals surface area contributed by atoms with E-state index in [4.69, 9.17) is 16.6 Å². The minimum atomic E-state index is -2.00. The summed E-state index contributed by atoms with van der Waals surface area (Å²) in [6.45, 7) is 7.36. The van der Waals surface area contributed by atoms with Crippen molar-refractivity contribution in [2.24, 2.45) is 29.2 Å². The molecule has 0 fully saturated rings. The Bertz CT molecular complexity index is 2390. The topological polar surface area (TPSA) is 446 Å². The fourth-order valence-electron chi connectivity index (χ4n) is 7.60. The Labute approximate surface area is 450 Å². The predicted molar refractivity (Wildman–Crippen MR) is 278 cm³/mol. The van der Waals surface area contributed by atoms with Crippen LogP contribution < -0.4 is 59.3 Å². The number of nitrogens with one attached hydrogen (secondary N) is 9. The highest BCUT2D eigenvalue weighted by Crippen LogP contribution is 2.12. The van der Waals surface area contributed by atoms with E-state index in [0.29, 0.717) is 17.5 Å². The number of aliphatic carboxylic acids is 2. The molecule has 78 heavy (non-hydrogen) atoms. The number of hydrogen-bond donors (Lipinski definition) is 15. The molecule has 0 unspecified atom stereocenters. The van der Waals surface area contributed by atoms with Crippen molar-refractivity contribution in [2.45, 2.75) is 134 Å². The molecule has 27 heteroatoms. The van der Waals surface area contributed by atoms with Gasteiger partial charge in [-0.1, -0.05) is 102 Å². The third kappa shape index (κ3) is 23.9. The highest BCUT2D eigenvalue weighted by Gasteiger charge is 2.37. The Morgan fingerprint density at radius 3 is 1.23 bits per heavy atom. The van der Waals surface area contributed by atoms with Gasteiger partial charge in [0.15, 0.2) is 0 Å². The maximum Gasteiger partial charge on any atom is 0.322 e. The van der Waals surface area contributed by atoms with Gasteiger partial charge >= 0.3 is 11.9 Å². The molecular weight excluding hydrogens is 1020 g/mol. The summed E-state index contributed by atoms with van der Waals surface area (Å²) in [7, 11) is 0. The van der Waals surface area contributed by atoms with Gasteiger partial charge in [-0.2, -0.15) is 0 Å². The fraction of sp³-hybridized carbons (Fsp3) is 0.529. The second-order valence-electron chi connectivity index (χ2n) is 19.6. The van der Waals surface area contributed by atoms with Crippen LogP contribution in [0.5, 0.6) is 0 Å². The number of benzene rings is 2. The Hall–Kier alpha value is -8.04. The second kappa shape index (κ2) is 33.2. The Kier molecular flexibility index (Phi) is 28.1. The summed E-state index contributed by atoms with van der Waals surface area (Å²) in [4.78, 5) is 158. The Balaban J connectivity index is 2.44. The van der Waals surface area contributed by atoms with Crippen molar-refractivity contribution < 1.29 is 78.0 Å². The number of primary amides is 1. The summed E-state index contributed by atoms with van der Waals surface area (Å²) < 4.78 is 0. The lowest BCUT2D eigenvalue weighted by Gasteiger charge is -2.28. The van der Waals surface area contributed by atoms with Gasteiger partial charge in [-0.15, -0.1) is 0 Å². The van der Waals surface area contributed by atoms with E-state index in [9.17, 15) is 72.9 Å². The van der Waals surface area contributed by atoms with Crippen LogP contribution in [0.3, 0.4) is 0 Å². The van der Waals surface area contributed by atoms with Crippen molar-refractivity contribution in [3.8, 4) is 0 Å². The molecule has 430 valence electrons. The summed E-state index contributed by atoms with van der Waals surface area (Å²) >= 11 is 0. The van der Waals surface area contributed by atoms with Crippen molar-refractivity contribution in [1.29, 1.82) is 0 Å². The van der Waals surface area contributed by atoms with Crippen LogP contribution >= 0.6 is 0 Å². The van der Waals surface area contributed by atoms with Gasteiger partial charge in [0.2, 0.25) is 59.1 Å². The number of rotatable bonds is 34. The molecule has 2 aromatic carbocycles. The fourth-order valence-corrected chi connectivity index (χ4v) is 7.60. The SMILES string of the molecule is CC(C)C[C@H](NC(=O)[C@@H](N)CC(C)C)C(=O)N[C@@H](CC(N)=O)C(=O)N[C@@H](Cc1ccccc1)C(=O)N[C@@H](CO)C(=O)N[C@@H](CC(=O)O)C(=O)N[C@@H](Cc1ccccc1)C(=O)N[C@H](C(=O)N[C@@H](CO)C(=O)NCC(=O)O)C(C)C. The summed E-state index contributed by atoms with van der Waals surface area (Å²) in [5, 5.41) is 60.0. The molecule has 0 aliphatic rings. The van der Waals surface area contributed by atoms with Crippen LogP contribution in [-0.2, 0) is 70.4 Å². The lowest BCUT2D eigenvalue weighted by atomic mass is 10.00. The van der Waals surface area contributed by atoms with Crippen molar-refractivity contribution in [3.63, 3.8) is 0 Å². The molecule has 10 amide bonds. The molecular formula is C51H75N11O16. The van der Waals surface area contributed by atoms with Gasteiger partial charge < -0.3 is 79.7 Å². The summed E-state index contributed by atoms with van der Waals surface area (Å²) in [5.41, 5.74) is 12.4. The maximum atomic E-state index is 14.1. The lowest BCUT2D eigenvalue weighted by Crippen LogP contribution is -2.62. The number of carbonyl (C=O) groups is 12. The number of hydrogen-bond acceptors (Lipinski definition) is 15. The number of carboxylic acid groups (broad SMARTS) is 2. The van der Waals surface area contributed by atoms with Gasteiger partial charge in [0.25, 0.3) is 0 Å². The lowest BCUT2D eigenvalue weighted by molar-refractivity contribution is -0.142. The molecule has 2 aromatic rings. The van der Waals surface area contributed by atoms with Crippen molar-refractivity contribution in [3.05, 3.63) is 71.8 Å². The van der Waals surface area contributed by atoms with E-state index in [1.165, 1.54) is 13.8 Å². The molecule has 0 radical (unpaired) electrons. The van der Waals surface area contributed by atoms with Gasteiger partial charge in [0.1, 0.15) is 54.9 Å². The zero-order valence-electron chi connectivity index (χ0n) is 44.4. The van der Waals surface area contributed by atoms with Gasteiger partial charge in [0, 0.05) is 12.8 Å². The molecule has 27 nitrogen and oxygen atoms in total. The Morgan fingerprint density at radius 2 is 0.808 bits per heavy atom. The van der Waals surface area contributed by atoms with Gasteiger partial charge in [-0.25, -0.2) is 0 Å². The third-order valence-corrected chi connectivity index (χ3v) is 11.6. The number of aliphatic hydroxyl groups excluding tert-OH is 2. The van der Waals surface area contributed by atoms with Crippen LogP contribution in [0.25, 0.3) is 0 Å². The van der Waals surface area contributed by atoms with Crippen LogP contribution in [0.4, 0.5) is 0 Å². The molecule has 17 N–H and O–H groups in total. The Morgan fingerprint density at radius 1 is 0.436 bits per heavy atom. The van der Waals surface area contributed by atoms with E-state index < -0.39 is 164 Å². The first-order valence-electron chi connectivity index (χ1n) is 25.1. The quantitative estimate of drug-likeness (QED) is 0.0317. The summed E-state index contributed by atoms with van der Waals surface area (Å²) in [6, 6.07) is 2.02. The van der Waals surface area contributed by atoms with E-state index in [0.717, 1.165) is 0 Å². The second-order valence-corrected chi connectivity index (χ2v) is 19.6. The third-order valence-electron chi connectivity index (χ3n) is 11.6. The van der Waals surface area contributed by atoms with E-state index in [1.807, 2.05) is 19.2 Å². The summed E-state index contributed by atoms with van der Waals surface area (Å²) in [5.74, 6) is -14.2. The minimum absolute atomic E-state index is 0.0470. The predicted octanol–water partition coefficient (Wildman–Crippen LogP) is -4.04. The van der Waals surface area contributed by atoms with Crippen LogP contribution in [0.15, 0.2) is 60.7 Å². The van der Waals surface area contributed by atoms with Crippen molar-refractivity contribution in [2.75, 3.05) is 19.8 Å². The molecule has 0 aliphatic carbocycles. The first-order valence-corrected chi connectivity index (χ1v) is 25.1. The standard InChI is InChI=1S/C51H75N11O16/c1-26(2)17-31(52)43(70)55-32(18-27(3)4)45(72)58-35(21-39(53)65)47(74)56-33(19-29-13-9-7-10-14-29)46(73)60-38(25-64)50(77)59-36(22-40(66)67)48(75)57-34(20-30-15-11-8-12-16-30)49(76)62-42(28(5)6)51(78)61-37(24-63)44(71)54-23-41(68)69/h7-16,26-28,31-38,42,63-64H,17-25,52H2,1-6H3,(H2,53,65)(H,54,71)(H,55,70)(H,56,74)(H,57,75)(H,58,72)(H,59,77)(H,60,73)(H,61,78)(H,62,76)(H,66,67)(H,68,69)/t31-,32-,33-,34-,35-,36-,37-,38-,42-/m0/s1. The van der Waals surface area contributed by atoms with Crippen LogP contribution in [0.2, 0.25) is 0 Å². The highest BCUT2D eigenvalue weighted by atomic mass is 16.4. The molecule has 0 heterocycles. The molecule has 0 spiro atoms.